The maximum atomic E-state index is 13.3. The minimum atomic E-state index is -1.02. The maximum absolute atomic E-state index is 13.3. The molecule has 1 amide bonds. The second kappa shape index (κ2) is 10.6. The fraction of sp³-hybridized carbons (Fsp3) is 0.355. The number of aliphatic carboxylic acids is 1. The van der Waals surface area contributed by atoms with Crippen LogP contribution >= 0.6 is 0 Å². The van der Waals surface area contributed by atoms with Gasteiger partial charge in [0.15, 0.2) is 0 Å². The van der Waals surface area contributed by atoms with Crippen molar-refractivity contribution in [1.29, 1.82) is 0 Å². The number of benzene rings is 3. The standard InChI is InChI=1S/C31H35NO4/c1-21(2)24-11-9-23(10-12-24)18-31(4)19-27-17-26(13-14-28(27)36-31)30(35)32(20-29(33)34)16-15-25-8-6-5-7-22(25)3/h5-14,17,21H,15-16,18-20H2,1-4H3,(H,33,34)/t31-/m1/s1. The number of rotatable bonds is 9. The van der Waals surface area contributed by atoms with E-state index >= 15 is 0 Å². The number of carbonyl (C=O) groups excluding carboxylic acids is 1. The van der Waals surface area contributed by atoms with Gasteiger partial charge in [0, 0.05) is 24.9 Å². The topological polar surface area (TPSA) is 66.8 Å². The Balaban J connectivity index is 1.47. The molecule has 0 radical (unpaired) electrons. The van der Waals surface area contributed by atoms with Gasteiger partial charge in [0.05, 0.1) is 0 Å². The monoisotopic (exact) mass is 485 g/mol. The summed E-state index contributed by atoms with van der Waals surface area (Å²) in [6, 6.07) is 22.1. The van der Waals surface area contributed by atoms with Gasteiger partial charge in [0.25, 0.3) is 5.91 Å². The molecule has 1 aliphatic heterocycles. The third kappa shape index (κ3) is 5.96. The SMILES string of the molecule is Cc1ccccc1CCN(CC(=O)O)C(=O)c1ccc2c(c1)C[C@@](C)(Cc1ccc(C(C)C)cc1)O2. The number of carboxylic acids is 1. The van der Waals surface area contributed by atoms with Crippen molar-refractivity contribution in [3.05, 3.63) is 100 Å². The average Bonchev–Trinajstić information content (AvgIpc) is 3.17. The van der Waals surface area contributed by atoms with Crippen LogP contribution in [0.2, 0.25) is 0 Å². The number of hydrogen-bond acceptors (Lipinski definition) is 3. The van der Waals surface area contributed by atoms with Crippen LogP contribution < -0.4 is 4.74 Å². The van der Waals surface area contributed by atoms with E-state index in [1.807, 2.05) is 43.3 Å². The van der Waals surface area contributed by atoms with E-state index in [0.717, 1.165) is 28.9 Å². The summed E-state index contributed by atoms with van der Waals surface area (Å²) in [6.07, 6.45) is 2.07. The molecule has 1 aliphatic rings. The van der Waals surface area contributed by atoms with Crippen molar-refractivity contribution in [2.75, 3.05) is 13.1 Å². The van der Waals surface area contributed by atoms with Crippen molar-refractivity contribution in [2.24, 2.45) is 0 Å². The van der Waals surface area contributed by atoms with Gasteiger partial charge in [0.1, 0.15) is 17.9 Å². The second-order valence-electron chi connectivity index (χ2n) is 10.4. The minimum absolute atomic E-state index is 0.272. The maximum Gasteiger partial charge on any atom is 0.323 e. The summed E-state index contributed by atoms with van der Waals surface area (Å²) < 4.78 is 6.34. The van der Waals surface area contributed by atoms with Crippen LogP contribution in [0, 0.1) is 6.92 Å². The Morgan fingerprint density at radius 2 is 1.78 bits per heavy atom. The first-order chi connectivity index (χ1) is 17.1. The quantitative estimate of drug-likeness (QED) is 0.414. The van der Waals surface area contributed by atoms with Gasteiger partial charge in [-0.3, -0.25) is 9.59 Å². The van der Waals surface area contributed by atoms with Crippen LogP contribution in [0.5, 0.6) is 5.75 Å². The lowest BCUT2D eigenvalue weighted by Crippen LogP contribution is -2.37. The Labute approximate surface area is 213 Å². The zero-order valence-electron chi connectivity index (χ0n) is 21.6. The number of amides is 1. The van der Waals surface area contributed by atoms with Crippen LogP contribution in [-0.4, -0.2) is 40.6 Å². The summed E-state index contributed by atoms with van der Waals surface area (Å²) in [5, 5.41) is 9.43. The summed E-state index contributed by atoms with van der Waals surface area (Å²) in [7, 11) is 0. The van der Waals surface area contributed by atoms with Crippen molar-refractivity contribution in [2.45, 2.75) is 58.5 Å². The molecular weight excluding hydrogens is 450 g/mol. The summed E-state index contributed by atoms with van der Waals surface area (Å²) >= 11 is 0. The highest BCUT2D eigenvalue weighted by Gasteiger charge is 2.35. The van der Waals surface area contributed by atoms with Gasteiger partial charge in [-0.2, -0.15) is 0 Å². The first-order valence-electron chi connectivity index (χ1n) is 12.6. The molecule has 0 aliphatic carbocycles. The number of fused-ring (bicyclic) bond motifs is 1. The fourth-order valence-corrected chi connectivity index (χ4v) is 4.95. The van der Waals surface area contributed by atoms with E-state index in [4.69, 9.17) is 4.74 Å². The highest BCUT2D eigenvalue weighted by molar-refractivity contribution is 5.96. The Hall–Kier alpha value is -3.60. The van der Waals surface area contributed by atoms with Gasteiger partial charge in [-0.15, -0.1) is 0 Å². The molecule has 0 aromatic heterocycles. The molecule has 3 aromatic carbocycles. The van der Waals surface area contributed by atoms with E-state index in [0.29, 0.717) is 30.9 Å². The predicted octanol–water partition coefficient (Wildman–Crippen LogP) is 5.82. The molecular formula is C31H35NO4. The van der Waals surface area contributed by atoms with E-state index in [2.05, 4.69) is 45.0 Å². The first kappa shape index (κ1) is 25.5. The zero-order chi connectivity index (χ0) is 25.9. The van der Waals surface area contributed by atoms with E-state index in [-0.39, 0.29) is 12.5 Å². The van der Waals surface area contributed by atoms with Crippen molar-refractivity contribution in [1.82, 2.24) is 4.90 Å². The van der Waals surface area contributed by atoms with Crippen LogP contribution in [0.1, 0.15) is 64.9 Å². The highest BCUT2D eigenvalue weighted by atomic mass is 16.5. The van der Waals surface area contributed by atoms with E-state index in [1.165, 1.54) is 16.0 Å². The molecule has 0 unspecified atom stereocenters. The minimum Gasteiger partial charge on any atom is -0.487 e. The molecule has 3 aromatic rings. The summed E-state index contributed by atoms with van der Waals surface area (Å²) in [5.74, 6) is -0.00659. The van der Waals surface area contributed by atoms with Gasteiger partial charge in [-0.05, 0) is 72.2 Å². The number of ether oxygens (including phenoxy) is 1. The number of nitrogens with zero attached hydrogens (tertiary/aromatic N) is 1. The molecule has 4 rings (SSSR count). The molecule has 0 saturated carbocycles. The third-order valence-corrected chi connectivity index (χ3v) is 6.98. The number of carbonyl (C=O) groups is 2. The number of hydrogen-bond donors (Lipinski definition) is 1. The number of aryl methyl sites for hydroxylation is 1. The van der Waals surface area contributed by atoms with Crippen molar-refractivity contribution < 1.29 is 19.4 Å². The average molecular weight is 486 g/mol. The molecule has 0 fully saturated rings. The summed E-state index contributed by atoms with van der Waals surface area (Å²) in [6.45, 7) is 8.51. The number of carboxylic acid groups (broad SMARTS) is 1. The molecule has 0 bridgehead atoms. The molecule has 188 valence electrons. The summed E-state index contributed by atoms with van der Waals surface area (Å²) in [5.41, 5.74) is 5.86. The van der Waals surface area contributed by atoms with Gasteiger partial charge in [-0.1, -0.05) is 62.4 Å². The van der Waals surface area contributed by atoms with E-state index in [9.17, 15) is 14.7 Å². The normalized spacial score (nSPS) is 16.5. The van der Waals surface area contributed by atoms with Crippen molar-refractivity contribution >= 4 is 11.9 Å². The van der Waals surface area contributed by atoms with Gasteiger partial charge in [0.2, 0.25) is 0 Å². The Bertz CT molecular complexity index is 1250. The largest absolute Gasteiger partial charge is 0.487 e. The van der Waals surface area contributed by atoms with E-state index < -0.39 is 11.6 Å². The smallest absolute Gasteiger partial charge is 0.323 e. The fourth-order valence-electron chi connectivity index (χ4n) is 4.95. The summed E-state index contributed by atoms with van der Waals surface area (Å²) in [4.78, 5) is 26.3. The Morgan fingerprint density at radius 1 is 1.06 bits per heavy atom. The molecule has 1 heterocycles. The predicted molar refractivity (Wildman–Crippen MR) is 142 cm³/mol. The molecule has 0 spiro atoms. The van der Waals surface area contributed by atoms with Gasteiger partial charge in [-0.25, -0.2) is 0 Å². The van der Waals surface area contributed by atoms with Crippen molar-refractivity contribution in [3.8, 4) is 5.75 Å². The lowest BCUT2D eigenvalue weighted by molar-refractivity contribution is -0.137. The van der Waals surface area contributed by atoms with E-state index in [1.54, 1.807) is 6.07 Å². The van der Waals surface area contributed by atoms with Crippen LogP contribution in [0.3, 0.4) is 0 Å². The van der Waals surface area contributed by atoms with Crippen LogP contribution in [0.25, 0.3) is 0 Å². The molecule has 1 atom stereocenters. The molecule has 5 nitrogen and oxygen atoms in total. The first-order valence-corrected chi connectivity index (χ1v) is 12.6. The van der Waals surface area contributed by atoms with Gasteiger partial charge >= 0.3 is 5.97 Å². The Kier molecular flexibility index (Phi) is 7.48. The third-order valence-electron chi connectivity index (χ3n) is 6.98. The molecule has 1 N–H and O–H groups in total. The lowest BCUT2D eigenvalue weighted by Gasteiger charge is -2.24. The molecule has 36 heavy (non-hydrogen) atoms. The lowest BCUT2D eigenvalue weighted by atomic mass is 9.90. The van der Waals surface area contributed by atoms with Crippen LogP contribution in [0.4, 0.5) is 0 Å². The molecule has 0 saturated heterocycles. The van der Waals surface area contributed by atoms with Crippen LogP contribution in [0.15, 0.2) is 66.7 Å². The molecule has 5 heteroatoms. The van der Waals surface area contributed by atoms with Crippen molar-refractivity contribution in [3.63, 3.8) is 0 Å². The zero-order valence-corrected chi connectivity index (χ0v) is 21.6. The highest BCUT2D eigenvalue weighted by Crippen LogP contribution is 2.38. The van der Waals surface area contributed by atoms with Crippen LogP contribution in [-0.2, 0) is 24.1 Å². The Morgan fingerprint density at radius 3 is 2.44 bits per heavy atom. The van der Waals surface area contributed by atoms with Gasteiger partial charge < -0.3 is 14.7 Å². The second-order valence-corrected chi connectivity index (χ2v) is 10.4.